The highest BCUT2D eigenvalue weighted by Crippen LogP contribution is 2.28. The Labute approximate surface area is 354 Å². The van der Waals surface area contributed by atoms with E-state index in [1.807, 2.05) is 12.4 Å². The van der Waals surface area contributed by atoms with Crippen molar-refractivity contribution in [3.05, 3.63) is 265 Å². The Morgan fingerprint density at radius 1 is 0.300 bits per heavy atom. The van der Waals surface area contributed by atoms with Gasteiger partial charge in [-0.15, -0.1) is 0 Å². The molecule has 2 heterocycles. The molecule has 2 nitrogen and oxygen atoms in total. The second kappa shape index (κ2) is 18.4. The van der Waals surface area contributed by atoms with E-state index in [-0.39, 0.29) is 13.4 Å². The van der Waals surface area contributed by atoms with Gasteiger partial charge in [-0.3, -0.25) is 9.97 Å². The van der Waals surface area contributed by atoms with E-state index in [1.165, 1.54) is 43.9 Å². The maximum Gasteiger partial charge on any atom is 0.242 e. The molecule has 0 aliphatic rings. The molecule has 7 aromatic carbocycles. The molecule has 0 radical (unpaired) electrons. The van der Waals surface area contributed by atoms with Crippen molar-refractivity contribution in [1.82, 2.24) is 9.97 Å². The number of hydrogen-bond acceptors (Lipinski definition) is 2. The van der Waals surface area contributed by atoms with Gasteiger partial charge in [0.15, 0.2) is 0 Å². The van der Waals surface area contributed by atoms with Crippen molar-refractivity contribution in [1.29, 1.82) is 0 Å². The van der Waals surface area contributed by atoms with Crippen LogP contribution in [0.5, 0.6) is 0 Å². The summed E-state index contributed by atoms with van der Waals surface area (Å²) in [5.41, 5.74) is 15.9. The van der Waals surface area contributed by atoms with E-state index in [4.69, 9.17) is 9.97 Å². The average Bonchev–Trinajstić information content (AvgIpc) is 3.33. The number of rotatable bonds is 12. The molecular formula is C56H42B2N2. The van der Waals surface area contributed by atoms with Crippen molar-refractivity contribution in [2.24, 2.45) is 0 Å². The molecule has 0 unspecified atom stereocenters. The third-order valence-corrected chi connectivity index (χ3v) is 11.1. The van der Waals surface area contributed by atoms with Crippen LogP contribution >= 0.6 is 0 Å². The largest absolute Gasteiger partial charge is 0.256 e. The molecule has 0 amide bonds. The Hall–Kier alpha value is -7.55. The van der Waals surface area contributed by atoms with Gasteiger partial charge in [0.2, 0.25) is 13.4 Å². The summed E-state index contributed by atoms with van der Waals surface area (Å²) in [6.07, 6.45) is 8.46. The maximum absolute atomic E-state index is 5.02. The molecule has 0 atom stereocenters. The third-order valence-electron chi connectivity index (χ3n) is 11.1. The zero-order chi connectivity index (χ0) is 40.4. The summed E-state index contributed by atoms with van der Waals surface area (Å²) in [6, 6.07) is 81.5. The molecule has 9 rings (SSSR count). The summed E-state index contributed by atoms with van der Waals surface area (Å²) in [6.45, 7) is 0.0880. The highest BCUT2D eigenvalue weighted by molar-refractivity contribution is 7.01. The molecule has 0 aliphatic carbocycles. The number of benzene rings is 7. The van der Waals surface area contributed by atoms with E-state index in [0.29, 0.717) is 0 Å². The van der Waals surface area contributed by atoms with E-state index in [0.717, 1.165) is 33.6 Å². The van der Waals surface area contributed by atoms with Gasteiger partial charge in [-0.2, -0.15) is 0 Å². The monoisotopic (exact) mass is 764 g/mol. The van der Waals surface area contributed by atoms with Crippen LogP contribution in [0, 0.1) is 0 Å². The van der Waals surface area contributed by atoms with Crippen molar-refractivity contribution < 1.29 is 0 Å². The van der Waals surface area contributed by atoms with Gasteiger partial charge in [0.1, 0.15) is 0 Å². The minimum atomic E-state index is 0.0440. The summed E-state index contributed by atoms with van der Waals surface area (Å²) in [7, 11) is 0. The smallest absolute Gasteiger partial charge is 0.242 e. The predicted molar refractivity (Wildman–Crippen MR) is 257 cm³/mol. The molecule has 0 N–H and O–H groups in total. The van der Waals surface area contributed by atoms with Gasteiger partial charge in [-0.25, -0.2) is 0 Å². The van der Waals surface area contributed by atoms with Gasteiger partial charge >= 0.3 is 0 Å². The lowest BCUT2D eigenvalue weighted by Gasteiger charge is -2.20. The fraction of sp³-hybridized carbons (Fsp3) is 0. The normalized spacial score (nSPS) is 11.5. The van der Waals surface area contributed by atoms with Crippen molar-refractivity contribution in [3.8, 4) is 22.3 Å². The van der Waals surface area contributed by atoms with E-state index in [9.17, 15) is 0 Å². The number of hydrogen-bond donors (Lipinski definition) is 0. The van der Waals surface area contributed by atoms with Crippen molar-refractivity contribution in [2.75, 3.05) is 0 Å². The first-order valence-corrected chi connectivity index (χ1v) is 20.5. The van der Waals surface area contributed by atoms with Crippen LogP contribution in [0.4, 0.5) is 0 Å². The summed E-state index contributed by atoms with van der Waals surface area (Å²) >= 11 is 0. The Bertz CT molecular complexity index is 2540. The van der Waals surface area contributed by atoms with Gasteiger partial charge in [-0.1, -0.05) is 245 Å². The van der Waals surface area contributed by atoms with E-state index in [1.54, 1.807) is 0 Å². The molecule has 0 saturated heterocycles. The first-order valence-electron chi connectivity index (χ1n) is 20.5. The van der Waals surface area contributed by atoms with Crippen LogP contribution in [-0.2, 0) is 0 Å². The van der Waals surface area contributed by atoms with Crippen LogP contribution in [0.15, 0.2) is 243 Å². The van der Waals surface area contributed by atoms with E-state index < -0.39 is 0 Å². The van der Waals surface area contributed by atoms with Crippen LogP contribution in [0.25, 0.3) is 45.4 Å². The Morgan fingerprint density at radius 3 is 0.917 bits per heavy atom. The van der Waals surface area contributed by atoms with Gasteiger partial charge in [0, 0.05) is 23.5 Å². The van der Waals surface area contributed by atoms with Gasteiger partial charge in [0.05, 0.1) is 11.4 Å². The Balaban J connectivity index is 1.02. The molecular weight excluding hydrogens is 722 g/mol. The number of pyridine rings is 2. The minimum absolute atomic E-state index is 0.0440. The van der Waals surface area contributed by atoms with Crippen LogP contribution in [0.1, 0.15) is 22.5 Å². The fourth-order valence-electron chi connectivity index (χ4n) is 8.13. The van der Waals surface area contributed by atoms with Crippen LogP contribution in [-0.4, -0.2) is 23.4 Å². The number of nitrogens with zero attached hydrogens (tertiary/aromatic N) is 2. The van der Waals surface area contributed by atoms with E-state index in [2.05, 4.69) is 243 Å². The molecule has 2 aromatic heterocycles. The summed E-state index contributed by atoms with van der Waals surface area (Å²) in [5, 5.41) is 0. The van der Waals surface area contributed by atoms with Gasteiger partial charge < -0.3 is 0 Å². The lowest BCUT2D eigenvalue weighted by molar-refractivity contribution is 1.29. The Kier molecular flexibility index (Phi) is 11.6. The molecule has 0 fully saturated rings. The minimum Gasteiger partial charge on any atom is -0.256 e. The fourth-order valence-corrected chi connectivity index (χ4v) is 8.13. The Morgan fingerprint density at radius 2 is 0.617 bits per heavy atom. The lowest BCUT2D eigenvalue weighted by Crippen LogP contribution is -2.43. The van der Waals surface area contributed by atoms with Crippen molar-refractivity contribution >= 4 is 58.4 Å². The second-order valence-corrected chi connectivity index (χ2v) is 15.0. The van der Waals surface area contributed by atoms with Crippen LogP contribution < -0.4 is 21.9 Å². The predicted octanol–water partition coefficient (Wildman–Crippen LogP) is 10.6. The molecule has 282 valence electrons. The zero-order valence-electron chi connectivity index (χ0n) is 33.3. The topological polar surface area (TPSA) is 25.8 Å². The van der Waals surface area contributed by atoms with E-state index >= 15 is 0 Å². The van der Waals surface area contributed by atoms with Crippen LogP contribution in [0.2, 0.25) is 0 Å². The second-order valence-electron chi connectivity index (χ2n) is 15.0. The van der Waals surface area contributed by atoms with Crippen molar-refractivity contribution in [2.45, 2.75) is 0 Å². The molecule has 0 spiro atoms. The SMILES string of the molecule is C(=C(\B(c1ccccc1)c1ccccc1)c1ccccc1)/c1ccc(-c2cccc(-c3ccc(/C=C(/B(c4ccccc4)c4ccccc4)c4ccccc4)nc3)c2)cn1. The highest BCUT2D eigenvalue weighted by Gasteiger charge is 2.26. The first kappa shape index (κ1) is 38.0. The molecule has 0 saturated carbocycles. The summed E-state index contributed by atoms with van der Waals surface area (Å²) < 4.78 is 0. The summed E-state index contributed by atoms with van der Waals surface area (Å²) in [4.78, 5) is 10.0. The molecule has 9 aromatic rings. The third kappa shape index (κ3) is 8.79. The molecule has 0 bridgehead atoms. The first-order chi connectivity index (χ1) is 29.8. The quantitative estimate of drug-likeness (QED) is 0.116. The van der Waals surface area contributed by atoms with Gasteiger partial charge in [-0.05, 0) is 52.6 Å². The zero-order valence-corrected chi connectivity index (χ0v) is 33.3. The average molecular weight is 765 g/mol. The molecule has 4 heteroatoms. The van der Waals surface area contributed by atoms with Crippen molar-refractivity contribution in [3.63, 3.8) is 0 Å². The molecule has 0 aliphatic heterocycles. The van der Waals surface area contributed by atoms with Crippen LogP contribution in [0.3, 0.4) is 0 Å². The standard InChI is InChI=1S/C56H42B2N2/c1-7-20-43(21-8-1)55(57(49-26-11-3-12-27-49)50-28-13-4-14-29-50)39-53-36-34-47(41-59-53)45-24-19-25-46(38-45)48-35-37-54(60-42-48)40-56(44-22-9-2-10-23-44)58(51-30-15-5-16-31-51)52-32-17-6-18-33-52/h1-42H/b55-39+,56-40+. The molecule has 60 heavy (non-hydrogen) atoms. The lowest BCUT2D eigenvalue weighted by atomic mass is 9.35. The highest BCUT2D eigenvalue weighted by atomic mass is 14.7. The number of aromatic nitrogens is 2. The summed E-state index contributed by atoms with van der Waals surface area (Å²) in [5.74, 6) is 0. The maximum atomic E-state index is 5.02. The van der Waals surface area contributed by atoms with Gasteiger partial charge in [0.25, 0.3) is 0 Å².